The van der Waals surface area contributed by atoms with Crippen molar-refractivity contribution < 1.29 is 9.53 Å². The van der Waals surface area contributed by atoms with Crippen LogP contribution in [0.1, 0.15) is 6.92 Å². The van der Waals surface area contributed by atoms with Gasteiger partial charge in [0, 0.05) is 58.4 Å². The summed E-state index contributed by atoms with van der Waals surface area (Å²) in [6, 6.07) is 8.27. The van der Waals surface area contributed by atoms with Gasteiger partial charge in [0.2, 0.25) is 5.91 Å². The van der Waals surface area contributed by atoms with Gasteiger partial charge in [-0.3, -0.25) is 9.69 Å². The number of nitrogens with two attached hydrogens (primary N) is 1. The second-order valence-corrected chi connectivity index (χ2v) is 6.70. The van der Waals surface area contributed by atoms with Crippen LogP contribution < -0.4 is 15.4 Å². The van der Waals surface area contributed by atoms with Crippen molar-refractivity contribution in [1.82, 2.24) is 9.80 Å². The van der Waals surface area contributed by atoms with Gasteiger partial charge in [0.1, 0.15) is 12.4 Å². The molecule has 2 aliphatic rings. The van der Waals surface area contributed by atoms with Crippen LogP contribution in [-0.4, -0.2) is 74.7 Å². The van der Waals surface area contributed by atoms with Gasteiger partial charge >= 0.3 is 0 Å². The quantitative estimate of drug-likeness (QED) is 0.828. The molecule has 0 aromatic heterocycles. The lowest BCUT2D eigenvalue weighted by atomic mass is 10.0. The van der Waals surface area contributed by atoms with Crippen LogP contribution in [0.15, 0.2) is 24.3 Å². The third-order valence-electron chi connectivity index (χ3n) is 4.97. The number of anilines is 1. The van der Waals surface area contributed by atoms with E-state index in [4.69, 9.17) is 10.5 Å². The second kappa shape index (κ2) is 7.85. The SMILES string of the molecule is CC(=O)N1CCN(c2ccc(OCCN3CC(CN)C3)cc2)CC1. The summed E-state index contributed by atoms with van der Waals surface area (Å²) in [4.78, 5) is 18.0. The molecule has 0 saturated carbocycles. The van der Waals surface area contributed by atoms with E-state index in [2.05, 4.69) is 21.9 Å². The van der Waals surface area contributed by atoms with Crippen LogP contribution in [0, 0.1) is 5.92 Å². The molecule has 2 saturated heterocycles. The molecule has 132 valence electrons. The zero-order valence-corrected chi connectivity index (χ0v) is 14.5. The molecule has 1 aromatic carbocycles. The Balaban J connectivity index is 1.40. The third-order valence-corrected chi connectivity index (χ3v) is 4.97. The van der Waals surface area contributed by atoms with E-state index < -0.39 is 0 Å². The average molecular weight is 332 g/mol. The molecule has 0 aliphatic carbocycles. The Kier molecular flexibility index (Phi) is 5.58. The normalized spacial score (nSPS) is 19.2. The molecule has 24 heavy (non-hydrogen) atoms. The maximum atomic E-state index is 11.4. The second-order valence-electron chi connectivity index (χ2n) is 6.70. The van der Waals surface area contributed by atoms with E-state index in [1.165, 1.54) is 5.69 Å². The van der Waals surface area contributed by atoms with E-state index >= 15 is 0 Å². The van der Waals surface area contributed by atoms with Crippen LogP contribution in [0.4, 0.5) is 5.69 Å². The van der Waals surface area contributed by atoms with Gasteiger partial charge in [0.15, 0.2) is 0 Å². The van der Waals surface area contributed by atoms with Crippen LogP contribution in [0.2, 0.25) is 0 Å². The number of nitrogens with zero attached hydrogens (tertiary/aromatic N) is 3. The highest BCUT2D eigenvalue weighted by molar-refractivity contribution is 5.73. The zero-order valence-electron chi connectivity index (χ0n) is 14.5. The number of benzene rings is 1. The summed E-state index contributed by atoms with van der Waals surface area (Å²) in [7, 11) is 0. The minimum absolute atomic E-state index is 0.165. The number of amides is 1. The molecule has 0 unspecified atom stereocenters. The summed E-state index contributed by atoms with van der Waals surface area (Å²) in [6.45, 7) is 9.68. The van der Waals surface area contributed by atoms with Gasteiger partial charge in [-0.25, -0.2) is 0 Å². The van der Waals surface area contributed by atoms with Crippen LogP contribution in [0.25, 0.3) is 0 Å². The largest absolute Gasteiger partial charge is 0.492 e. The van der Waals surface area contributed by atoms with Crippen molar-refractivity contribution in [2.45, 2.75) is 6.92 Å². The number of piperazine rings is 1. The van der Waals surface area contributed by atoms with Gasteiger partial charge in [-0.1, -0.05) is 0 Å². The van der Waals surface area contributed by atoms with Gasteiger partial charge in [0.05, 0.1) is 0 Å². The molecule has 6 heteroatoms. The van der Waals surface area contributed by atoms with Gasteiger partial charge in [-0.15, -0.1) is 0 Å². The van der Waals surface area contributed by atoms with Crippen molar-refractivity contribution in [1.29, 1.82) is 0 Å². The monoisotopic (exact) mass is 332 g/mol. The Hall–Kier alpha value is -1.79. The summed E-state index contributed by atoms with van der Waals surface area (Å²) in [5.41, 5.74) is 6.83. The summed E-state index contributed by atoms with van der Waals surface area (Å²) in [5.74, 6) is 1.75. The fraction of sp³-hybridized carbons (Fsp3) is 0.611. The minimum Gasteiger partial charge on any atom is -0.492 e. The van der Waals surface area contributed by atoms with Crippen LogP contribution in [-0.2, 0) is 4.79 Å². The topological polar surface area (TPSA) is 62.0 Å². The van der Waals surface area contributed by atoms with E-state index in [0.717, 1.165) is 58.1 Å². The van der Waals surface area contributed by atoms with E-state index in [-0.39, 0.29) is 5.91 Å². The van der Waals surface area contributed by atoms with Gasteiger partial charge in [-0.05, 0) is 36.7 Å². The molecule has 1 aromatic rings. The molecule has 2 aliphatic heterocycles. The molecular formula is C18H28N4O2. The first-order chi connectivity index (χ1) is 11.7. The number of rotatable bonds is 6. The Morgan fingerprint density at radius 1 is 1.17 bits per heavy atom. The summed E-state index contributed by atoms with van der Waals surface area (Å²) < 4.78 is 5.83. The molecule has 3 rings (SSSR count). The molecule has 0 spiro atoms. The Labute approximate surface area is 144 Å². The van der Waals surface area contributed by atoms with E-state index in [0.29, 0.717) is 12.5 Å². The Bertz CT molecular complexity index is 534. The maximum absolute atomic E-state index is 11.4. The fourth-order valence-corrected chi connectivity index (χ4v) is 3.33. The lowest BCUT2D eigenvalue weighted by Crippen LogP contribution is -2.50. The first-order valence-electron chi connectivity index (χ1n) is 8.81. The fourth-order valence-electron chi connectivity index (χ4n) is 3.33. The molecule has 2 N–H and O–H groups in total. The third kappa shape index (κ3) is 4.19. The van der Waals surface area contributed by atoms with Crippen LogP contribution in [0.5, 0.6) is 5.75 Å². The summed E-state index contributed by atoms with van der Waals surface area (Å²) in [6.07, 6.45) is 0. The lowest BCUT2D eigenvalue weighted by Gasteiger charge is -2.38. The van der Waals surface area contributed by atoms with Crippen LogP contribution in [0.3, 0.4) is 0 Å². The molecule has 2 heterocycles. The van der Waals surface area contributed by atoms with E-state index in [1.54, 1.807) is 6.92 Å². The van der Waals surface area contributed by atoms with Crippen molar-refractivity contribution in [2.24, 2.45) is 11.7 Å². The predicted octanol–water partition coefficient (Wildman–Crippen LogP) is 0.624. The number of ether oxygens (including phenoxy) is 1. The van der Waals surface area contributed by atoms with Crippen LogP contribution >= 0.6 is 0 Å². The predicted molar refractivity (Wildman–Crippen MR) is 95.4 cm³/mol. The van der Waals surface area contributed by atoms with Crippen molar-refractivity contribution in [3.8, 4) is 5.75 Å². The molecule has 0 atom stereocenters. The highest BCUT2D eigenvalue weighted by Crippen LogP contribution is 2.21. The number of carbonyl (C=O) groups excluding carboxylic acids is 1. The van der Waals surface area contributed by atoms with Crippen molar-refractivity contribution in [3.05, 3.63) is 24.3 Å². The zero-order chi connectivity index (χ0) is 16.9. The van der Waals surface area contributed by atoms with Crippen molar-refractivity contribution in [2.75, 3.05) is 63.9 Å². The van der Waals surface area contributed by atoms with E-state index in [1.807, 2.05) is 17.0 Å². The summed E-state index contributed by atoms with van der Waals surface area (Å²) >= 11 is 0. The standard InChI is InChI=1S/C18H28N4O2/c1-15(23)21-6-8-22(9-7-21)17-2-4-18(5-3-17)24-11-10-20-13-16(12-19)14-20/h2-5,16H,6-14,19H2,1H3. The molecular weight excluding hydrogens is 304 g/mol. The lowest BCUT2D eigenvalue weighted by molar-refractivity contribution is -0.129. The van der Waals surface area contributed by atoms with Gasteiger partial charge < -0.3 is 20.3 Å². The average Bonchev–Trinajstić information content (AvgIpc) is 2.57. The molecule has 6 nitrogen and oxygen atoms in total. The highest BCUT2D eigenvalue weighted by atomic mass is 16.5. The Morgan fingerprint density at radius 2 is 1.83 bits per heavy atom. The number of hydrogen-bond acceptors (Lipinski definition) is 5. The van der Waals surface area contributed by atoms with Crippen molar-refractivity contribution >= 4 is 11.6 Å². The highest BCUT2D eigenvalue weighted by Gasteiger charge is 2.24. The Morgan fingerprint density at radius 3 is 2.42 bits per heavy atom. The first kappa shape index (κ1) is 17.0. The molecule has 0 radical (unpaired) electrons. The van der Waals surface area contributed by atoms with E-state index in [9.17, 15) is 4.79 Å². The smallest absolute Gasteiger partial charge is 0.219 e. The number of hydrogen-bond donors (Lipinski definition) is 1. The molecule has 0 bridgehead atoms. The maximum Gasteiger partial charge on any atom is 0.219 e. The minimum atomic E-state index is 0.165. The number of carbonyl (C=O) groups is 1. The molecule has 1 amide bonds. The molecule has 2 fully saturated rings. The first-order valence-corrected chi connectivity index (χ1v) is 8.81. The van der Waals surface area contributed by atoms with Gasteiger partial charge in [-0.2, -0.15) is 0 Å². The number of likely N-dealkylation sites (tertiary alicyclic amines) is 1. The summed E-state index contributed by atoms with van der Waals surface area (Å²) in [5, 5.41) is 0. The van der Waals surface area contributed by atoms with Gasteiger partial charge in [0.25, 0.3) is 0 Å². The van der Waals surface area contributed by atoms with Crippen molar-refractivity contribution in [3.63, 3.8) is 0 Å².